The molecule has 1 aliphatic heterocycles. The lowest BCUT2D eigenvalue weighted by molar-refractivity contribution is -0.126. The maximum atomic E-state index is 12.7. The van der Waals surface area contributed by atoms with Crippen molar-refractivity contribution in [2.75, 3.05) is 13.1 Å². The van der Waals surface area contributed by atoms with Crippen LogP contribution in [-0.2, 0) is 11.3 Å². The summed E-state index contributed by atoms with van der Waals surface area (Å²) in [7, 11) is 0. The minimum Gasteiger partial charge on any atom is -0.350 e. The molecule has 150 valence electrons. The van der Waals surface area contributed by atoms with Gasteiger partial charge in [-0.3, -0.25) is 9.59 Å². The molecule has 1 aliphatic rings. The van der Waals surface area contributed by atoms with Crippen LogP contribution in [0.25, 0.3) is 9.88 Å². The summed E-state index contributed by atoms with van der Waals surface area (Å²) in [6.07, 6.45) is 1.39. The first-order valence-corrected chi connectivity index (χ1v) is 11.5. The number of thiophene rings is 1. The Morgan fingerprint density at radius 1 is 1.17 bits per heavy atom. The number of nitrogens with zero attached hydrogens (tertiary/aromatic N) is 2. The fraction of sp³-hybridized carbons (Fsp3) is 0.318. The van der Waals surface area contributed by atoms with Crippen molar-refractivity contribution in [3.05, 3.63) is 64.0 Å². The number of nitrogens with one attached hydrogen (secondary N) is 1. The summed E-state index contributed by atoms with van der Waals surface area (Å²) >= 11 is 3.27. The van der Waals surface area contributed by atoms with Gasteiger partial charge in [0.1, 0.15) is 5.01 Å². The molecule has 1 aromatic carbocycles. The highest BCUT2D eigenvalue weighted by Crippen LogP contribution is 2.28. The number of carbonyl (C=O) groups is 2. The standard InChI is InChI=1S/C22H23N3O2S2/c1-15-4-2-5-17(12-15)22(27)25-9-7-16(8-10-25)20(26)23-13-18-14-29-21(24-18)19-6-3-11-28-19/h2-6,11-12,14,16H,7-10,13H2,1H3,(H,23,26). The Morgan fingerprint density at radius 3 is 2.72 bits per heavy atom. The average Bonchev–Trinajstić information content (AvgIpc) is 3.43. The molecule has 3 aromatic rings. The zero-order valence-electron chi connectivity index (χ0n) is 16.3. The van der Waals surface area contributed by atoms with Crippen LogP contribution < -0.4 is 5.32 Å². The topological polar surface area (TPSA) is 62.3 Å². The van der Waals surface area contributed by atoms with Gasteiger partial charge in [0.05, 0.1) is 17.1 Å². The van der Waals surface area contributed by atoms with Crippen LogP contribution in [0.2, 0.25) is 0 Å². The molecule has 0 radical (unpaired) electrons. The second kappa shape index (κ2) is 8.88. The van der Waals surface area contributed by atoms with Gasteiger partial charge in [-0.2, -0.15) is 0 Å². The second-order valence-electron chi connectivity index (χ2n) is 7.28. The van der Waals surface area contributed by atoms with Gasteiger partial charge in [-0.15, -0.1) is 22.7 Å². The minimum absolute atomic E-state index is 0.0491. The van der Waals surface area contributed by atoms with Crippen molar-refractivity contribution in [1.29, 1.82) is 0 Å². The number of aromatic nitrogens is 1. The quantitative estimate of drug-likeness (QED) is 0.661. The number of rotatable bonds is 5. The van der Waals surface area contributed by atoms with Crippen LogP contribution in [0.5, 0.6) is 0 Å². The first-order chi connectivity index (χ1) is 14.1. The van der Waals surface area contributed by atoms with Gasteiger partial charge < -0.3 is 10.2 Å². The number of likely N-dealkylation sites (tertiary alicyclic amines) is 1. The van der Waals surface area contributed by atoms with Crippen molar-refractivity contribution < 1.29 is 9.59 Å². The van der Waals surface area contributed by atoms with Crippen LogP contribution in [0.3, 0.4) is 0 Å². The summed E-state index contributed by atoms with van der Waals surface area (Å²) in [5, 5.41) is 8.04. The van der Waals surface area contributed by atoms with Gasteiger partial charge in [-0.25, -0.2) is 4.98 Å². The molecule has 0 atom stereocenters. The van der Waals surface area contributed by atoms with Crippen LogP contribution in [0, 0.1) is 12.8 Å². The van der Waals surface area contributed by atoms with Crippen molar-refractivity contribution >= 4 is 34.5 Å². The van der Waals surface area contributed by atoms with Crippen LogP contribution in [0.4, 0.5) is 0 Å². The van der Waals surface area contributed by atoms with Gasteiger partial charge in [0.15, 0.2) is 0 Å². The van der Waals surface area contributed by atoms with Crippen molar-refractivity contribution in [2.24, 2.45) is 5.92 Å². The maximum absolute atomic E-state index is 12.7. The molecular formula is C22H23N3O2S2. The van der Waals surface area contributed by atoms with E-state index in [-0.39, 0.29) is 17.7 Å². The van der Waals surface area contributed by atoms with E-state index in [9.17, 15) is 9.59 Å². The molecule has 0 bridgehead atoms. The Labute approximate surface area is 178 Å². The van der Waals surface area contributed by atoms with Gasteiger partial charge in [-0.05, 0) is 43.3 Å². The maximum Gasteiger partial charge on any atom is 0.253 e. The lowest BCUT2D eigenvalue weighted by Crippen LogP contribution is -2.43. The SMILES string of the molecule is Cc1cccc(C(=O)N2CCC(C(=O)NCc3csc(-c4cccs4)n3)CC2)c1. The molecule has 29 heavy (non-hydrogen) atoms. The molecule has 0 aliphatic carbocycles. The van der Waals surface area contributed by atoms with E-state index >= 15 is 0 Å². The van der Waals surface area contributed by atoms with E-state index in [1.165, 1.54) is 0 Å². The lowest BCUT2D eigenvalue weighted by atomic mass is 9.95. The van der Waals surface area contributed by atoms with E-state index in [0.717, 1.165) is 26.7 Å². The van der Waals surface area contributed by atoms with E-state index < -0.39 is 0 Å². The lowest BCUT2D eigenvalue weighted by Gasteiger charge is -2.31. The molecule has 1 N–H and O–H groups in total. The van der Waals surface area contributed by atoms with Gasteiger partial charge in [0, 0.05) is 30.0 Å². The normalized spacial score (nSPS) is 14.7. The molecule has 1 saturated heterocycles. The molecule has 0 saturated carbocycles. The first kappa shape index (κ1) is 19.8. The molecule has 7 heteroatoms. The van der Waals surface area contributed by atoms with Crippen molar-refractivity contribution in [1.82, 2.24) is 15.2 Å². The predicted octanol–water partition coefficient (Wildman–Crippen LogP) is 4.35. The fourth-order valence-corrected chi connectivity index (χ4v) is 5.16. The Kier molecular flexibility index (Phi) is 6.06. The summed E-state index contributed by atoms with van der Waals surface area (Å²) in [5.41, 5.74) is 2.69. The Balaban J connectivity index is 1.26. The van der Waals surface area contributed by atoms with Crippen LogP contribution in [0.1, 0.15) is 34.5 Å². The average molecular weight is 426 g/mol. The van der Waals surface area contributed by atoms with Crippen molar-refractivity contribution in [3.8, 4) is 9.88 Å². The number of thiazole rings is 1. The Morgan fingerprint density at radius 2 is 2.00 bits per heavy atom. The number of hydrogen-bond acceptors (Lipinski definition) is 5. The number of hydrogen-bond donors (Lipinski definition) is 1. The van der Waals surface area contributed by atoms with E-state index in [1.54, 1.807) is 22.7 Å². The van der Waals surface area contributed by atoms with Crippen LogP contribution >= 0.6 is 22.7 Å². The molecule has 4 rings (SSSR count). The number of piperidine rings is 1. The smallest absolute Gasteiger partial charge is 0.253 e. The Hall–Kier alpha value is -2.51. The molecule has 3 heterocycles. The number of amides is 2. The zero-order chi connectivity index (χ0) is 20.2. The summed E-state index contributed by atoms with van der Waals surface area (Å²) in [6.45, 7) is 3.66. The highest BCUT2D eigenvalue weighted by Gasteiger charge is 2.27. The van der Waals surface area contributed by atoms with Gasteiger partial charge in [-0.1, -0.05) is 23.8 Å². The third kappa shape index (κ3) is 4.74. The number of benzene rings is 1. The third-order valence-electron chi connectivity index (χ3n) is 5.15. The molecular weight excluding hydrogens is 402 g/mol. The van der Waals surface area contributed by atoms with Gasteiger partial charge >= 0.3 is 0 Å². The molecule has 0 spiro atoms. The number of aryl methyl sites for hydroxylation is 1. The highest BCUT2D eigenvalue weighted by molar-refractivity contribution is 7.20. The Bertz CT molecular complexity index is 989. The molecule has 0 unspecified atom stereocenters. The number of carbonyl (C=O) groups excluding carboxylic acids is 2. The molecule has 2 amide bonds. The fourth-order valence-electron chi connectivity index (χ4n) is 3.53. The monoisotopic (exact) mass is 425 g/mol. The zero-order valence-corrected chi connectivity index (χ0v) is 17.9. The van der Waals surface area contributed by atoms with Crippen molar-refractivity contribution in [2.45, 2.75) is 26.3 Å². The van der Waals surface area contributed by atoms with Gasteiger partial charge in [0.2, 0.25) is 5.91 Å². The van der Waals surface area contributed by atoms with Crippen LogP contribution in [0.15, 0.2) is 47.2 Å². The highest BCUT2D eigenvalue weighted by atomic mass is 32.1. The van der Waals surface area contributed by atoms with E-state index in [1.807, 2.05) is 52.9 Å². The second-order valence-corrected chi connectivity index (χ2v) is 9.08. The van der Waals surface area contributed by atoms with Gasteiger partial charge in [0.25, 0.3) is 5.91 Å². The largest absolute Gasteiger partial charge is 0.350 e. The summed E-state index contributed by atoms with van der Waals surface area (Å²) in [6, 6.07) is 11.7. The third-order valence-corrected chi connectivity index (χ3v) is 7.08. The summed E-state index contributed by atoms with van der Waals surface area (Å²) in [5.74, 6) is 0.0569. The minimum atomic E-state index is -0.0491. The molecule has 1 fully saturated rings. The first-order valence-electron chi connectivity index (χ1n) is 9.72. The predicted molar refractivity (Wildman–Crippen MR) is 117 cm³/mol. The molecule has 5 nitrogen and oxygen atoms in total. The molecule has 2 aromatic heterocycles. The van der Waals surface area contributed by atoms with E-state index in [4.69, 9.17) is 0 Å². The van der Waals surface area contributed by atoms with E-state index in [2.05, 4.69) is 16.4 Å². The van der Waals surface area contributed by atoms with E-state index in [0.29, 0.717) is 32.5 Å². The summed E-state index contributed by atoms with van der Waals surface area (Å²) in [4.78, 5) is 32.8. The summed E-state index contributed by atoms with van der Waals surface area (Å²) < 4.78 is 0. The van der Waals surface area contributed by atoms with Crippen molar-refractivity contribution in [3.63, 3.8) is 0 Å². The van der Waals surface area contributed by atoms with Crippen LogP contribution in [-0.4, -0.2) is 34.8 Å².